The quantitative estimate of drug-likeness (QED) is 0.363. The van der Waals surface area contributed by atoms with E-state index in [1.54, 1.807) is 18.2 Å². The molecule has 0 amide bonds. The normalized spacial score (nSPS) is 15.4. The first-order chi connectivity index (χ1) is 16.9. The van der Waals surface area contributed by atoms with Gasteiger partial charge in [0.2, 0.25) is 0 Å². The molecule has 1 aliphatic rings. The smallest absolute Gasteiger partial charge is 0.255 e. The van der Waals surface area contributed by atoms with Crippen LogP contribution in [-0.2, 0) is 4.84 Å². The highest BCUT2D eigenvalue weighted by Crippen LogP contribution is 2.28. The number of likely N-dealkylation sites (tertiary alicyclic amines) is 1. The third-order valence-electron chi connectivity index (χ3n) is 5.79. The second-order valence-electron chi connectivity index (χ2n) is 8.13. The van der Waals surface area contributed by atoms with E-state index in [0.29, 0.717) is 24.9 Å². The van der Waals surface area contributed by atoms with Crippen molar-refractivity contribution in [1.82, 2.24) is 9.47 Å². The van der Waals surface area contributed by atoms with Gasteiger partial charge < -0.3 is 14.8 Å². The monoisotopic (exact) mass is 521 g/mol. The Morgan fingerprint density at radius 1 is 1.09 bits per heavy atom. The van der Waals surface area contributed by atoms with E-state index in [2.05, 4.69) is 10.1 Å². The first-order valence-corrected chi connectivity index (χ1v) is 11.8. The number of nitrogens with zero attached hydrogens (tertiary/aromatic N) is 3. The van der Waals surface area contributed by atoms with Gasteiger partial charge in [0.25, 0.3) is 5.56 Å². The highest BCUT2D eigenvalue weighted by molar-refractivity contribution is 6.37. The van der Waals surface area contributed by atoms with Gasteiger partial charge in [-0.2, -0.15) is 0 Å². The summed E-state index contributed by atoms with van der Waals surface area (Å²) >= 11 is 12.6. The SMILES string of the molecule is O=c1ccc(C(=NOC2CCN(CCO)CC2)c2ccc(F)cc2F)cn1-c1c(Cl)cccc1Cl. The van der Waals surface area contributed by atoms with Crippen LogP contribution in [0.3, 0.4) is 0 Å². The van der Waals surface area contributed by atoms with Crippen molar-refractivity contribution >= 4 is 28.9 Å². The van der Waals surface area contributed by atoms with Crippen molar-refractivity contribution in [3.05, 3.63) is 97.9 Å². The predicted octanol–water partition coefficient (Wildman–Crippen LogP) is 4.65. The lowest BCUT2D eigenvalue weighted by Crippen LogP contribution is -2.38. The van der Waals surface area contributed by atoms with Gasteiger partial charge in [0, 0.05) is 49.1 Å². The lowest BCUT2D eigenvalue weighted by Gasteiger charge is -2.30. The summed E-state index contributed by atoms with van der Waals surface area (Å²) in [6, 6.07) is 10.8. The maximum atomic E-state index is 14.8. The number of aliphatic hydroxyl groups excluding tert-OH is 1. The van der Waals surface area contributed by atoms with Crippen LogP contribution in [0.15, 0.2) is 64.7 Å². The third-order valence-corrected chi connectivity index (χ3v) is 6.40. The summed E-state index contributed by atoms with van der Waals surface area (Å²) in [7, 11) is 0. The van der Waals surface area contributed by atoms with E-state index in [-0.39, 0.29) is 39.7 Å². The zero-order valence-electron chi connectivity index (χ0n) is 18.6. The number of hydrogen-bond acceptors (Lipinski definition) is 5. The first kappa shape index (κ1) is 25.3. The summed E-state index contributed by atoms with van der Waals surface area (Å²) in [6.45, 7) is 2.14. The molecule has 1 aliphatic heterocycles. The van der Waals surface area contributed by atoms with Gasteiger partial charge in [-0.05, 0) is 43.2 Å². The van der Waals surface area contributed by atoms with Gasteiger partial charge in [-0.3, -0.25) is 9.36 Å². The molecule has 0 atom stereocenters. The second-order valence-corrected chi connectivity index (χ2v) is 8.94. The molecule has 0 unspecified atom stereocenters. The number of pyridine rings is 1. The number of para-hydroxylation sites is 1. The summed E-state index contributed by atoms with van der Waals surface area (Å²) < 4.78 is 29.7. The molecule has 0 saturated carbocycles. The van der Waals surface area contributed by atoms with Crippen LogP contribution in [0.2, 0.25) is 10.0 Å². The maximum Gasteiger partial charge on any atom is 0.255 e. The van der Waals surface area contributed by atoms with E-state index in [4.69, 9.17) is 33.1 Å². The number of aromatic nitrogens is 1. The van der Waals surface area contributed by atoms with Crippen LogP contribution in [0, 0.1) is 11.6 Å². The fourth-order valence-electron chi connectivity index (χ4n) is 3.97. The van der Waals surface area contributed by atoms with Crippen molar-refractivity contribution < 1.29 is 18.7 Å². The standard InChI is InChI=1S/C25H23Cl2F2N3O3/c26-20-2-1-3-21(27)25(20)32-15-16(4-7-23(32)34)24(19-6-5-17(28)14-22(19)29)30-35-18-8-10-31(11-9-18)12-13-33/h1-7,14-15,18,33H,8-13H2. The number of piperidine rings is 1. The Bertz CT molecular complexity index is 1270. The molecule has 0 radical (unpaired) electrons. The average molecular weight is 522 g/mol. The predicted molar refractivity (Wildman–Crippen MR) is 132 cm³/mol. The fourth-order valence-corrected chi connectivity index (χ4v) is 4.55. The first-order valence-electron chi connectivity index (χ1n) is 11.1. The highest BCUT2D eigenvalue weighted by atomic mass is 35.5. The maximum absolute atomic E-state index is 14.8. The Morgan fingerprint density at radius 2 is 1.80 bits per heavy atom. The molecule has 1 fully saturated rings. The fraction of sp³-hybridized carbons (Fsp3) is 0.280. The highest BCUT2D eigenvalue weighted by Gasteiger charge is 2.22. The number of rotatable bonds is 7. The van der Waals surface area contributed by atoms with Gasteiger partial charge in [-0.25, -0.2) is 8.78 Å². The lowest BCUT2D eigenvalue weighted by atomic mass is 10.0. The second kappa shape index (κ2) is 11.3. The summed E-state index contributed by atoms with van der Waals surface area (Å²) in [5.74, 6) is -1.55. The van der Waals surface area contributed by atoms with Gasteiger partial charge in [-0.15, -0.1) is 0 Å². The van der Waals surface area contributed by atoms with Crippen molar-refractivity contribution in [3.8, 4) is 5.69 Å². The number of halogens is 4. The third kappa shape index (κ3) is 5.90. The molecule has 1 aromatic heterocycles. The minimum atomic E-state index is -0.821. The van der Waals surface area contributed by atoms with Crippen molar-refractivity contribution in [2.24, 2.45) is 5.16 Å². The molecule has 2 heterocycles. The summed E-state index contributed by atoms with van der Waals surface area (Å²) in [6.07, 6.45) is 2.59. The number of benzene rings is 2. The molecule has 1 N–H and O–H groups in total. The van der Waals surface area contributed by atoms with Crippen LogP contribution in [-0.4, -0.2) is 52.6 Å². The van der Waals surface area contributed by atoms with Gasteiger partial charge in [-0.1, -0.05) is 34.4 Å². The van der Waals surface area contributed by atoms with Crippen LogP contribution in [0.25, 0.3) is 5.69 Å². The zero-order chi connectivity index (χ0) is 24.9. The van der Waals surface area contributed by atoms with E-state index < -0.39 is 17.2 Å². The van der Waals surface area contributed by atoms with Crippen molar-refractivity contribution in [2.45, 2.75) is 18.9 Å². The van der Waals surface area contributed by atoms with Gasteiger partial charge in [0.15, 0.2) is 0 Å². The number of aliphatic hydroxyl groups is 1. The summed E-state index contributed by atoms with van der Waals surface area (Å²) in [5, 5.41) is 13.9. The van der Waals surface area contributed by atoms with Crippen LogP contribution < -0.4 is 5.56 Å². The molecule has 10 heteroatoms. The van der Waals surface area contributed by atoms with Crippen LogP contribution >= 0.6 is 23.2 Å². The van der Waals surface area contributed by atoms with Crippen molar-refractivity contribution in [1.29, 1.82) is 0 Å². The summed E-state index contributed by atoms with van der Waals surface area (Å²) in [5.41, 5.74) is 0.333. The van der Waals surface area contributed by atoms with E-state index in [9.17, 15) is 13.6 Å². The molecular formula is C25H23Cl2F2N3O3. The molecule has 0 spiro atoms. The van der Waals surface area contributed by atoms with Gasteiger partial charge >= 0.3 is 0 Å². The van der Waals surface area contributed by atoms with Crippen molar-refractivity contribution in [3.63, 3.8) is 0 Å². The molecule has 0 bridgehead atoms. The molecule has 184 valence electrons. The lowest BCUT2D eigenvalue weighted by molar-refractivity contribution is 0.00803. The van der Waals surface area contributed by atoms with Gasteiger partial charge in [0.1, 0.15) is 23.5 Å². The topological polar surface area (TPSA) is 67.1 Å². The Hall–Kier alpha value is -2.78. The molecular weight excluding hydrogens is 499 g/mol. The Labute approximate surface area is 211 Å². The molecule has 35 heavy (non-hydrogen) atoms. The Morgan fingerprint density at radius 3 is 2.46 bits per heavy atom. The largest absolute Gasteiger partial charge is 0.395 e. The Kier molecular flexibility index (Phi) is 8.18. The van der Waals surface area contributed by atoms with Gasteiger partial charge in [0.05, 0.1) is 22.3 Å². The number of β-amino-alcohol motifs (C(OH)–C–C–N with tert-alkyl or cyclic N) is 1. The minimum Gasteiger partial charge on any atom is -0.395 e. The van der Waals surface area contributed by atoms with Crippen LogP contribution in [0.4, 0.5) is 8.78 Å². The van der Waals surface area contributed by atoms with E-state index >= 15 is 0 Å². The minimum absolute atomic E-state index is 0.0135. The molecule has 1 saturated heterocycles. The Balaban J connectivity index is 1.73. The number of hydrogen-bond donors (Lipinski definition) is 1. The molecule has 4 rings (SSSR count). The molecule has 0 aliphatic carbocycles. The molecule has 2 aromatic carbocycles. The zero-order valence-corrected chi connectivity index (χ0v) is 20.1. The molecule has 6 nitrogen and oxygen atoms in total. The van der Waals surface area contributed by atoms with E-state index in [1.807, 2.05) is 0 Å². The van der Waals surface area contributed by atoms with Crippen LogP contribution in [0.5, 0.6) is 0 Å². The van der Waals surface area contributed by atoms with E-state index in [0.717, 1.165) is 25.2 Å². The summed E-state index contributed by atoms with van der Waals surface area (Å²) in [4.78, 5) is 20.6. The molecule has 3 aromatic rings. The number of oxime groups is 1. The van der Waals surface area contributed by atoms with Crippen LogP contribution in [0.1, 0.15) is 24.0 Å². The van der Waals surface area contributed by atoms with E-state index in [1.165, 1.54) is 29.0 Å². The van der Waals surface area contributed by atoms with Crippen molar-refractivity contribution in [2.75, 3.05) is 26.2 Å². The average Bonchev–Trinajstić information content (AvgIpc) is 2.83.